The molecule has 1 saturated heterocycles. The molecule has 0 spiro atoms. The Hall–Kier alpha value is -5.61. The van der Waals surface area contributed by atoms with E-state index in [0.717, 1.165) is 46.5 Å². The quantitative estimate of drug-likeness (QED) is 0.122. The first-order chi connectivity index (χ1) is 23.0. The summed E-state index contributed by atoms with van der Waals surface area (Å²) in [7, 11) is 0. The standard InChI is InChI=1S/C37H36N6O4/c1-26-9-14-32(22-34(26)42-36-39-19-15-33(41-36)31-8-5-18-38-23-31)40-35(44)30-12-10-28(11-13-30)29-16-20-43(21-17-29)37(45)47-25-46-24-27-6-3-2-4-7-27/h2-15,18-19,22-23,29H,16-17,20-21,24-25H2,1H3,(H,40,44)(H,39,41,42). The first-order valence-electron chi connectivity index (χ1n) is 15.6. The van der Waals surface area contributed by atoms with Crippen molar-refractivity contribution >= 4 is 29.3 Å². The van der Waals surface area contributed by atoms with Gasteiger partial charge in [-0.1, -0.05) is 48.5 Å². The Morgan fingerprint density at radius 2 is 1.72 bits per heavy atom. The van der Waals surface area contributed by atoms with Gasteiger partial charge in [-0.2, -0.15) is 0 Å². The number of pyridine rings is 1. The van der Waals surface area contributed by atoms with Crippen LogP contribution < -0.4 is 10.6 Å². The first-order valence-corrected chi connectivity index (χ1v) is 15.6. The Kier molecular flexibility index (Phi) is 10.1. The highest BCUT2D eigenvalue weighted by atomic mass is 16.7. The molecule has 0 bridgehead atoms. The predicted molar refractivity (Wildman–Crippen MR) is 180 cm³/mol. The fourth-order valence-corrected chi connectivity index (χ4v) is 5.47. The minimum atomic E-state index is -0.358. The largest absolute Gasteiger partial charge is 0.422 e. The summed E-state index contributed by atoms with van der Waals surface area (Å²) >= 11 is 0. The van der Waals surface area contributed by atoms with Crippen molar-refractivity contribution in [2.45, 2.75) is 32.3 Å². The molecular weight excluding hydrogens is 592 g/mol. The highest BCUT2D eigenvalue weighted by Crippen LogP contribution is 2.29. The number of aromatic nitrogens is 3. The summed E-state index contributed by atoms with van der Waals surface area (Å²) in [4.78, 5) is 40.5. The van der Waals surface area contributed by atoms with E-state index in [1.165, 1.54) is 0 Å². The van der Waals surface area contributed by atoms with Crippen molar-refractivity contribution in [3.8, 4) is 11.3 Å². The summed E-state index contributed by atoms with van der Waals surface area (Å²) in [6.07, 6.45) is 6.46. The monoisotopic (exact) mass is 628 g/mol. The van der Waals surface area contributed by atoms with Gasteiger partial charge in [-0.05, 0) is 84.8 Å². The summed E-state index contributed by atoms with van der Waals surface area (Å²) in [6.45, 7) is 3.51. The van der Waals surface area contributed by atoms with Gasteiger partial charge in [0.05, 0.1) is 12.3 Å². The van der Waals surface area contributed by atoms with Crippen molar-refractivity contribution in [1.82, 2.24) is 19.9 Å². The third-order valence-corrected chi connectivity index (χ3v) is 8.13. The molecule has 1 aliphatic heterocycles. The van der Waals surface area contributed by atoms with Crippen LogP contribution in [0.25, 0.3) is 11.3 Å². The van der Waals surface area contributed by atoms with Gasteiger partial charge in [-0.15, -0.1) is 0 Å². The summed E-state index contributed by atoms with van der Waals surface area (Å²) in [5, 5.41) is 6.28. The third-order valence-electron chi connectivity index (χ3n) is 8.13. The number of anilines is 3. The van der Waals surface area contributed by atoms with Crippen molar-refractivity contribution in [3.63, 3.8) is 0 Å². The zero-order valence-corrected chi connectivity index (χ0v) is 26.1. The minimum Gasteiger partial charge on any atom is -0.422 e. The summed E-state index contributed by atoms with van der Waals surface area (Å²) in [6, 6.07) is 28.8. The van der Waals surface area contributed by atoms with Crippen LogP contribution in [0.2, 0.25) is 0 Å². The molecule has 0 atom stereocenters. The molecule has 1 aliphatic rings. The second kappa shape index (κ2) is 15.1. The van der Waals surface area contributed by atoms with Gasteiger partial charge in [-0.25, -0.2) is 14.8 Å². The van der Waals surface area contributed by atoms with Crippen molar-refractivity contribution in [2.24, 2.45) is 0 Å². The summed E-state index contributed by atoms with van der Waals surface area (Å²) in [5.41, 5.74) is 6.82. The van der Waals surface area contributed by atoms with Crippen LogP contribution in [0.15, 0.2) is 110 Å². The molecule has 2 amide bonds. The number of rotatable bonds is 10. The Labute approximate surface area is 273 Å². The molecule has 1 fully saturated rings. The van der Waals surface area contributed by atoms with E-state index in [2.05, 4.69) is 25.6 Å². The molecule has 0 aliphatic carbocycles. The van der Waals surface area contributed by atoms with E-state index in [1.807, 2.05) is 97.9 Å². The van der Waals surface area contributed by atoms with Crippen molar-refractivity contribution < 1.29 is 19.1 Å². The highest BCUT2D eigenvalue weighted by molar-refractivity contribution is 6.04. The zero-order valence-electron chi connectivity index (χ0n) is 26.1. The number of aryl methyl sites for hydroxylation is 1. The lowest BCUT2D eigenvalue weighted by atomic mass is 9.89. The van der Waals surface area contributed by atoms with E-state index in [4.69, 9.17) is 9.47 Å². The summed E-state index contributed by atoms with van der Waals surface area (Å²) < 4.78 is 10.8. The number of hydrogen-bond acceptors (Lipinski definition) is 8. The molecule has 2 N–H and O–H groups in total. The van der Waals surface area contributed by atoms with Crippen molar-refractivity contribution in [2.75, 3.05) is 30.5 Å². The van der Waals surface area contributed by atoms with Crippen LogP contribution in [0.3, 0.4) is 0 Å². The Bertz CT molecular complexity index is 1790. The molecule has 0 unspecified atom stereocenters. The third kappa shape index (κ3) is 8.36. The number of nitrogens with zero attached hydrogens (tertiary/aromatic N) is 4. The normalized spacial score (nSPS) is 13.2. The smallest absolute Gasteiger partial charge is 0.411 e. The Morgan fingerprint density at radius 1 is 0.915 bits per heavy atom. The van der Waals surface area contributed by atoms with E-state index < -0.39 is 0 Å². The predicted octanol–water partition coefficient (Wildman–Crippen LogP) is 7.33. The topological polar surface area (TPSA) is 119 Å². The first kappa shape index (κ1) is 31.4. The van der Waals surface area contributed by atoms with Crippen LogP contribution >= 0.6 is 0 Å². The maximum absolute atomic E-state index is 13.1. The van der Waals surface area contributed by atoms with E-state index in [9.17, 15) is 9.59 Å². The summed E-state index contributed by atoms with van der Waals surface area (Å²) in [5.74, 6) is 0.549. The van der Waals surface area contributed by atoms with Gasteiger partial charge in [0.25, 0.3) is 5.91 Å². The maximum atomic E-state index is 13.1. The number of ether oxygens (including phenoxy) is 2. The van der Waals surface area contributed by atoms with Crippen LogP contribution in [-0.2, 0) is 16.1 Å². The van der Waals surface area contributed by atoms with E-state index in [-0.39, 0.29) is 18.8 Å². The van der Waals surface area contributed by atoms with Crippen LogP contribution in [0.4, 0.5) is 22.1 Å². The van der Waals surface area contributed by atoms with Crippen molar-refractivity contribution in [1.29, 1.82) is 0 Å². The van der Waals surface area contributed by atoms with Gasteiger partial charge in [-0.3, -0.25) is 9.78 Å². The lowest BCUT2D eigenvalue weighted by molar-refractivity contribution is -0.0369. The Balaban J connectivity index is 0.988. The number of carbonyl (C=O) groups excluding carboxylic acids is 2. The van der Waals surface area contributed by atoms with Gasteiger partial charge in [0, 0.05) is 54.2 Å². The number of nitrogens with one attached hydrogen (secondary N) is 2. The molecule has 6 rings (SSSR count). The molecule has 3 heterocycles. The number of benzene rings is 3. The fourth-order valence-electron chi connectivity index (χ4n) is 5.47. The van der Waals surface area contributed by atoms with Crippen LogP contribution in [0.1, 0.15) is 45.8 Å². The maximum Gasteiger partial charge on any atom is 0.411 e. The molecule has 10 nitrogen and oxygen atoms in total. The number of carbonyl (C=O) groups is 2. The SMILES string of the molecule is Cc1ccc(NC(=O)c2ccc(C3CCN(C(=O)OCOCc4ccccc4)CC3)cc2)cc1Nc1nccc(-c2cccnc2)n1. The molecule has 238 valence electrons. The fraction of sp³-hybridized carbons (Fsp3) is 0.216. The lowest BCUT2D eigenvalue weighted by Crippen LogP contribution is -2.38. The zero-order chi connectivity index (χ0) is 32.4. The van der Waals surface area contributed by atoms with Crippen molar-refractivity contribution in [3.05, 3.63) is 132 Å². The van der Waals surface area contributed by atoms with E-state index in [0.29, 0.717) is 42.8 Å². The number of piperidine rings is 1. The molecule has 3 aromatic carbocycles. The van der Waals surface area contributed by atoms with Gasteiger partial charge in [0.15, 0.2) is 6.79 Å². The number of amides is 2. The average Bonchev–Trinajstić information content (AvgIpc) is 3.12. The van der Waals surface area contributed by atoms with Gasteiger partial charge >= 0.3 is 6.09 Å². The minimum absolute atomic E-state index is 0.0767. The average molecular weight is 629 g/mol. The molecule has 0 radical (unpaired) electrons. The van der Waals surface area contributed by atoms with Gasteiger partial charge < -0.3 is 25.0 Å². The van der Waals surface area contributed by atoms with Crippen LogP contribution in [-0.4, -0.2) is 51.7 Å². The van der Waals surface area contributed by atoms with Crippen LogP contribution in [0.5, 0.6) is 0 Å². The van der Waals surface area contributed by atoms with Gasteiger partial charge in [0.1, 0.15) is 0 Å². The molecule has 0 saturated carbocycles. The molecule has 2 aromatic heterocycles. The second-order valence-electron chi connectivity index (χ2n) is 11.4. The van der Waals surface area contributed by atoms with Gasteiger partial charge in [0.2, 0.25) is 5.95 Å². The molecule has 47 heavy (non-hydrogen) atoms. The van der Waals surface area contributed by atoms with E-state index in [1.54, 1.807) is 23.5 Å². The number of hydrogen-bond donors (Lipinski definition) is 2. The second-order valence-corrected chi connectivity index (χ2v) is 11.4. The van der Waals surface area contributed by atoms with Crippen LogP contribution in [0, 0.1) is 6.92 Å². The highest BCUT2D eigenvalue weighted by Gasteiger charge is 2.25. The molecule has 10 heteroatoms. The number of likely N-dealkylation sites (tertiary alicyclic amines) is 1. The molecule has 5 aromatic rings. The van der Waals surface area contributed by atoms with E-state index >= 15 is 0 Å². The Morgan fingerprint density at radius 3 is 2.49 bits per heavy atom. The lowest BCUT2D eigenvalue weighted by Gasteiger charge is -2.31. The molecular formula is C37H36N6O4.